The molecule has 2 aromatic rings. The second-order valence-corrected chi connectivity index (χ2v) is 6.34. The molecule has 2 amide bonds. The topological polar surface area (TPSA) is 123 Å². The summed E-state index contributed by atoms with van der Waals surface area (Å²) in [6.45, 7) is 0. The highest BCUT2D eigenvalue weighted by atomic mass is 79.9. The monoisotopic (exact) mass is 452 g/mol. The van der Waals surface area contributed by atoms with E-state index in [0.717, 1.165) is 6.07 Å². The first kappa shape index (κ1) is 20.3. The first-order valence-corrected chi connectivity index (χ1v) is 8.51. The molecule has 0 spiro atoms. The largest absolute Gasteiger partial charge is 0.496 e. The van der Waals surface area contributed by atoms with Crippen molar-refractivity contribution in [1.29, 1.82) is 0 Å². The molecule has 0 aromatic heterocycles. The van der Waals surface area contributed by atoms with Crippen molar-refractivity contribution in [3.05, 3.63) is 68.2 Å². The molecular formula is C16H13BrN4O5S. The van der Waals surface area contributed by atoms with Crippen LogP contribution in [0.1, 0.15) is 20.7 Å². The summed E-state index contributed by atoms with van der Waals surface area (Å²) in [5, 5.41) is 13.0. The van der Waals surface area contributed by atoms with Crippen molar-refractivity contribution in [3.8, 4) is 5.75 Å². The zero-order chi connectivity index (χ0) is 20.0. The average molecular weight is 453 g/mol. The Morgan fingerprint density at radius 2 is 1.89 bits per heavy atom. The SMILES string of the molecule is COc1ccc(Br)cc1C(=O)NC(=S)NNC(=O)c1cccc([N+](=O)[O-])c1. The van der Waals surface area contributed by atoms with Crippen molar-refractivity contribution >= 4 is 50.8 Å². The maximum absolute atomic E-state index is 12.3. The minimum absolute atomic E-state index is 0.0551. The summed E-state index contributed by atoms with van der Waals surface area (Å²) in [4.78, 5) is 34.5. The number of thiocarbonyl (C=S) groups is 1. The number of hydrogen-bond acceptors (Lipinski definition) is 6. The number of carbonyl (C=O) groups excluding carboxylic acids is 2. The first-order valence-electron chi connectivity index (χ1n) is 7.31. The number of amides is 2. The minimum Gasteiger partial charge on any atom is -0.496 e. The molecule has 3 N–H and O–H groups in total. The molecule has 140 valence electrons. The van der Waals surface area contributed by atoms with Crippen LogP contribution in [0, 0.1) is 10.1 Å². The fourth-order valence-electron chi connectivity index (χ4n) is 2.01. The number of nitrogens with one attached hydrogen (secondary N) is 3. The molecule has 0 fully saturated rings. The quantitative estimate of drug-likeness (QED) is 0.369. The molecule has 0 radical (unpaired) electrons. The molecule has 27 heavy (non-hydrogen) atoms. The number of non-ortho nitro benzene ring substituents is 1. The van der Waals surface area contributed by atoms with Crippen molar-refractivity contribution in [2.75, 3.05) is 7.11 Å². The molecule has 0 aliphatic carbocycles. The van der Waals surface area contributed by atoms with Crippen LogP contribution in [0.4, 0.5) is 5.69 Å². The summed E-state index contributed by atoms with van der Waals surface area (Å²) in [6.07, 6.45) is 0. The van der Waals surface area contributed by atoms with Crippen molar-refractivity contribution in [1.82, 2.24) is 16.2 Å². The molecule has 0 aliphatic rings. The molecule has 0 heterocycles. The fraction of sp³-hybridized carbons (Fsp3) is 0.0625. The molecule has 0 bridgehead atoms. The van der Waals surface area contributed by atoms with Crippen LogP contribution in [0.3, 0.4) is 0 Å². The second kappa shape index (κ2) is 9.05. The number of hydrazine groups is 1. The Kier molecular flexibility index (Phi) is 6.79. The van der Waals surface area contributed by atoms with Gasteiger partial charge in [-0.3, -0.25) is 35.9 Å². The summed E-state index contributed by atoms with van der Waals surface area (Å²) < 4.78 is 5.79. The van der Waals surface area contributed by atoms with Gasteiger partial charge < -0.3 is 4.74 Å². The van der Waals surface area contributed by atoms with E-state index in [1.54, 1.807) is 18.2 Å². The van der Waals surface area contributed by atoms with Gasteiger partial charge in [-0.25, -0.2) is 0 Å². The van der Waals surface area contributed by atoms with E-state index in [-0.39, 0.29) is 21.9 Å². The summed E-state index contributed by atoms with van der Waals surface area (Å²) in [5.74, 6) is -0.857. The fourth-order valence-corrected chi connectivity index (χ4v) is 2.51. The molecule has 2 rings (SSSR count). The van der Waals surface area contributed by atoms with Crippen LogP contribution in [0.15, 0.2) is 46.9 Å². The maximum atomic E-state index is 12.3. The van der Waals surface area contributed by atoms with E-state index in [4.69, 9.17) is 17.0 Å². The molecule has 11 heteroatoms. The van der Waals surface area contributed by atoms with E-state index < -0.39 is 16.7 Å². The molecular weight excluding hydrogens is 440 g/mol. The summed E-state index contributed by atoms with van der Waals surface area (Å²) in [7, 11) is 1.43. The van der Waals surface area contributed by atoms with Crippen LogP contribution in [-0.4, -0.2) is 29.0 Å². The van der Waals surface area contributed by atoms with Gasteiger partial charge in [0, 0.05) is 22.2 Å². The third-order valence-corrected chi connectivity index (χ3v) is 3.94. The molecule has 0 saturated heterocycles. The minimum atomic E-state index is -0.657. The zero-order valence-electron chi connectivity index (χ0n) is 13.8. The molecule has 0 atom stereocenters. The number of nitro groups is 1. The number of benzene rings is 2. The lowest BCUT2D eigenvalue weighted by Crippen LogP contribution is -2.48. The van der Waals surface area contributed by atoms with Gasteiger partial charge in [0.1, 0.15) is 5.75 Å². The number of nitro benzene ring substituents is 1. The molecule has 0 unspecified atom stereocenters. The van der Waals surface area contributed by atoms with Crippen molar-refractivity contribution in [3.63, 3.8) is 0 Å². The second-order valence-electron chi connectivity index (χ2n) is 5.01. The van der Waals surface area contributed by atoms with Crippen LogP contribution in [0.25, 0.3) is 0 Å². The number of ether oxygens (including phenoxy) is 1. The summed E-state index contributed by atoms with van der Waals surface area (Å²) in [5.41, 5.74) is 4.68. The number of halogens is 1. The van der Waals surface area contributed by atoms with Crippen molar-refractivity contribution in [2.45, 2.75) is 0 Å². The lowest BCUT2D eigenvalue weighted by Gasteiger charge is -2.12. The predicted molar refractivity (Wildman–Crippen MR) is 104 cm³/mol. The predicted octanol–water partition coefficient (Wildman–Crippen LogP) is 2.32. The maximum Gasteiger partial charge on any atom is 0.270 e. The number of carbonyl (C=O) groups is 2. The standard InChI is InChI=1S/C16H13BrN4O5S/c1-26-13-6-5-10(17)8-12(13)15(23)18-16(27)20-19-14(22)9-3-2-4-11(7-9)21(24)25/h2-8H,1H3,(H,19,22)(H2,18,20,23,27). The third kappa shape index (κ3) is 5.46. The van der Waals surface area contributed by atoms with Crippen molar-refractivity contribution < 1.29 is 19.2 Å². The van der Waals surface area contributed by atoms with Gasteiger partial charge in [0.05, 0.1) is 17.6 Å². The van der Waals surface area contributed by atoms with E-state index in [1.165, 1.54) is 25.3 Å². The Hall–Kier alpha value is -3.05. The highest BCUT2D eigenvalue weighted by Crippen LogP contribution is 2.22. The van der Waals surface area contributed by atoms with Gasteiger partial charge >= 0.3 is 0 Å². The van der Waals surface area contributed by atoms with Gasteiger partial charge in [0.25, 0.3) is 17.5 Å². The molecule has 9 nitrogen and oxygen atoms in total. The summed E-state index contributed by atoms with van der Waals surface area (Å²) in [6, 6.07) is 10.0. The normalized spacial score (nSPS) is 9.85. The smallest absolute Gasteiger partial charge is 0.270 e. The van der Waals surface area contributed by atoms with Gasteiger partial charge in [-0.1, -0.05) is 22.0 Å². The van der Waals surface area contributed by atoms with E-state index >= 15 is 0 Å². The van der Waals surface area contributed by atoms with Gasteiger partial charge in [-0.15, -0.1) is 0 Å². The molecule has 0 aliphatic heterocycles. The number of methoxy groups -OCH3 is 1. The van der Waals surface area contributed by atoms with E-state index in [1.807, 2.05) is 0 Å². The van der Waals surface area contributed by atoms with E-state index in [9.17, 15) is 19.7 Å². The van der Waals surface area contributed by atoms with Crippen LogP contribution >= 0.6 is 28.1 Å². The Morgan fingerprint density at radius 3 is 2.56 bits per heavy atom. The lowest BCUT2D eigenvalue weighted by atomic mass is 10.2. The Morgan fingerprint density at radius 1 is 1.15 bits per heavy atom. The Labute approximate surface area is 167 Å². The van der Waals surface area contributed by atoms with Crippen molar-refractivity contribution in [2.24, 2.45) is 0 Å². The number of nitrogens with zero attached hydrogens (tertiary/aromatic N) is 1. The van der Waals surface area contributed by atoms with Crippen LogP contribution in [0.5, 0.6) is 5.75 Å². The van der Waals surface area contributed by atoms with Gasteiger partial charge in [-0.2, -0.15) is 0 Å². The van der Waals surface area contributed by atoms with Gasteiger partial charge in [-0.05, 0) is 36.5 Å². The Bertz CT molecular complexity index is 921. The number of rotatable bonds is 4. The zero-order valence-corrected chi connectivity index (χ0v) is 16.2. The third-order valence-electron chi connectivity index (χ3n) is 3.24. The van der Waals surface area contributed by atoms with Crippen LogP contribution in [0.2, 0.25) is 0 Å². The summed E-state index contributed by atoms with van der Waals surface area (Å²) >= 11 is 8.22. The highest BCUT2D eigenvalue weighted by Gasteiger charge is 2.15. The van der Waals surface area contributed by atoms with Crippen LogP contribution in [-0.2, 0) is 0 Å². The van der Waals surface area contributed by atoms with Crippen LogP contribution < -0.4 is 20.9 Å². The molecule has 2 aromatic carbocycles. The molecule has 0 saturated carbocycles. The average Bonchev–Trinajstić information content (AvgIpc) is 2.66. The van der Waals surface area contributed by atoms with Gasteiger partial charge in [0.2, 0.25) is 0 Å². The number of hydrogen-bond donors (Lipinski definition) is 3. The lowest BCUT2D eigenvalue weighted by molar-refractivity contribution is -0.384. The Balaban J connectivity index is 1.97. The van der Waals surface area contributed by atoms with Gasteiger partial charge in [0.15, 0.2) is 5.11 Å². The highest BCUT2D eigenvalue weighted by molar-refractivity contribution is 9.10. The first-order chi connectivity index (χ1) is 12.8. The van der Waals surface area contributed by atoms with E-state index in [2.05, 4.69) is 32.1 Å². The van der Waals surface area contributed by atoms with E-state index in [0.29, 0.717) is 10.2 Å².